The van der Waals surface area contributed by atoms with E-state index in [9.17, 15) is 4.79 Å². The first-order valence-electron chi connectivity index (χ1n) is 5.54. The summed E-state index contributed by atoms with van der Waals surface area (Å²) in [4.78, 5) is 14.1. The number of hydrogen-bond acceptors (Lipinski definition) is 3. The lowest BCUT2D eigenvalue weighted by molar-refractivity contribution is 0.0704. The molecule has 1 aromatic rings. The molecule has 0 spiro atoms. The minimum absolute atomic E-state index is 0.0388. The average Bonchev–Trinajstić information content (AvgIpc) is 2.83. The predicted molar refractivity (Wildman–Crippen MR) is 59.6 cm³/mol. The van der Waals surface area contributed by atoms with Gasteiger partial charge in [-0.1, -0.05) is 0 Å². The predicted octanol–water partition coefficient (Wildman–Crippen LogP) is 1.51. The molecule has 86 valence electrons. The number of furan rings is 1. The summed E-state index contributed by atoms with van der Waals surface area (Å²) in [5, 5.41) is 3.67. The Hall–Kier alpha value is -1.00. The molecule has 0 saturated carbocycles. The third-order valence-corrected chi connectivity index (χ3v) is 3.57. The molecule has 2 saturated heterocycles. The van der Waals surface area contributed by atoms with Gasteiger partial charge in [-0.3, -0.25) is 4.79 Å². The summed E-state index contributed by atoms with van der Waals surface area (Å²) in [5.74, 6) is 0.306. The lowest BCUT2D eigenvalue weighted by Crippen LogP contribution is -2.36. The highest BCUT2D eigenvalue weighted by atomic mass is 35.5. The first-order chi connectivity index (χ1) is 7.74. The van der Waals surface area contributed by atoms with E-state index >= 15 is 0 Å². The number of fused-ring (bicyclic) bond motifs is 2. The molecule has 16 heavy (non-hydrogen) atoms. The van der Waals surface area contributed by atoms with E-state index in [4.69, 9.17) is 16.0 Å². The number of nitrogens with zero attached hydrogens (tertiary/aromatic N) is 1. The topological polar surface area (TPSA) is 45.5 Å². The second kappa shape index (κ2) is 3.79. The molecular weight excluding hydrogens is 228 g/mol. The molecule has 2 atom stereocenters. The summed E-state index contributed by atoms with van der Waals surface area (Å²) in [6, 6.07) is 4.06. The van der Waals surface area contributed by atoms with Crippen LogP contribution in [0.2, 0.25) is 5.22 Å². The Labute approximate surface area is 98.5 Å². The molecule has 1 aromatic heterocycles. The summed E-state index contributed by atoms with van der Waals surface area (Å²) in [6.07, 6.45) is 2.08. The SMILES string of the molecule is O=C(c1ccc(Cl)o1)N1CC2CC1CCN2. The van der Waals surface area contributed by atoms with Gasteiger partial charge in [0.2, 0.25) is 0 Å². The Morgan fingerprint density at radius 3 is 3.12 bits per heavy atom. The molecule has 2 unspecified atom stereocenters. The van der Waals surface area contributed by atoms with Crippen molar-refractivity contribution < 1.29 is 9.21 Å². The van der Waals surface area contributed by atoms with Gasteiger partial charge >= 0.3 is 0 Å². The van der Waals surface area contributed by atoms with E-state index in [1.807, 2.05) is 4.90 Å². The highest BCUT2D eigenvalue weighted by Gasteiger charge is 2.38. The number of nitrogens with one attached hydrogen (secondary N) is 1. The number of likely N-dealkylation sites (tertiary alicyclic amines) is 1. The van der Waals surface area contributed by atoms with Gasteiger partial charge in [0.15, 0.2) is 11.0 Å². The van der Waals surface area contributed by atoms with Crippen LogP contribution >= 0.6 is 11.6 Å². The number of carbonyl (C=O) groups is 1. The van der Waals surface area contributed by atoms with Crippen LogP contribution in [0.3, 0.4) is 0 Å². The second-order valence-corrected chi connectivity index (χ2v) is 4.76. The van der Waals surface area contributed by atoms with Gasteiger partial charge in [-0.2, -0.15) is 0 Å². The molecule has 2 aliphatic rings. The largest absolute Gasteiger partial charge is 0.440 e. The maximum Gasteiger partial charge on any atom is 0.289 e. The quantitative estimate of drug-likeness (QED) is 0.810. The summed E-state index contributed by atoms with van der Waals surface area (Å²) in [7, 11) is 0. The van der Waals surface area contributed by atoms with Crippen molar-refractivity contribution in [3.63, 3.8) is 0 Å². The molecule has 1 amide bonds. The van der Waals surface area contributed by atoms with Crippen molar-refractivity contribution in [1.29, 1.82) is 0 Å². The van der Waals surface area contributed by atoms with Gasteiger partial charge in [0.05, 0.1) is 0 Å². The Morgan fingerprint density at radius 1 is 1.56 bits per heavy atom. The fourth-order valence-corrected chi connectivity index (χ4v) is 2.76. The van der Waals surface area contributed by atoms with Crippen molar-refractivity contribution in [2.75, 3.05) is 13.1 Å². The van der Waals surface area contributed by atoms with Crippen LogP contribution in [0.1, 0.15) is 23.4 Å². The van der Waals surface area contributed by atoms with E-state index in [2.05, 4.69) is 5.32 Å². The first kappa shape index (κ1) is 10.2. The minimum Gasteiger partial charge on any atom is -0.440 e. The number of halogens is 1. The van der Waals surface area contributed by atoms with Crippen LogP contribution in [0.25, 0.3) is 0 Å². The fourth-order valence-electron chi connectivity index (χ4n) is 2.61. The zero-order chi connectivity index (χ0) is 11.1. The van der Waals surface area contributed by atoms with Crippen LogP contribution in [0.15, 0.2) is 16.5 Å². The summed E-state index contributed by atoms with van der Waals surface area (Å²) in [6.45, 7) is 1.78. The zero-order valence-corrected chi connectivity index (χ0v) is 9.54. The lowest BCUT2D eigenvalue weighted by atomic mass is 10.1. The monoisotopic (exact) mass is 240 g/mol. The van der Waals surface area contributed by atoms with E-state index in [1.54, 1.807) is 12.1 Å². The van der Waals surface area contributed by atoms with Gasteiger partial charge in [-0.15, -0.1) is 0 Å². The Balaban J connectivity index is 1.80. The molecule has 1 N–H and O–H groups in total. The van der Waals surface area contributed by atoms with Gasteiger partial charge in [-0.25, -0.2) is 0 Å². The third kappa shape index (κ3) is 1.62. The van der Waals surface area contributed by atoms with E-state index in [0.29, 0.717) is 17.8 Å². The summed E-state index contributed by atoms with van der Waals surface area (Å²) < 4.78 is 5.16. The van der Waals surface area contributed by atoms with E-state index in [1.165, 1.54) is 0 Å². The molecule has 2 aliphatic heterocycles. The van der Waals surface area contributed by atoms with Crippen LogP contribution in [0.5, 0.6) is 0 Å². The van der Waals surface area contributed by atoms with Crippen molar-refractivity contribution in [1.82, 2.24) is 10.2 Å². The van der Waals surface area contributed by atoms with Crippen LogP contribution in [0.4, 0.5) is 0 Å². The normalized spacial score (nSPS) is 28.4. The number of rotatable bonds is 1. The molecular formula is C11H13ClN2O2. The van der Waals surface area contributed by atoms with E-state index < -0.39 is 0 Å². The van der Waals surface area contributed by atoms with Crippen molar-refractivity contribution in [3.8, 4) is 0 Å². The highest BCUT2D eigenvalue weighted by Crippen LogP contribution is 2.26. The van der Waals surface area contributed by atoms with Crippen LogP contribution in [0, 0.1) is 0 Å². The molecule has 0 radical (unpaired) electrons. The second-order valence-electron chi connectivity index (χ2n) is 4.39. The molecule has 4 nitrogen and oxygen atoms in total. The lowest BCUT2D eigenvalue weighted by Gasteiger charge is -2.23. The Bertz CT molecular complexity index is 418. The van der Waals surface area contributed by atoms with E-state index in [0.717, 1.165) is 25.9 Å². The van der Waals surface area contributed by atoms with Gasteiger partial charge < -0.3 is 14.6 Å². The van der Waals surface area contributed by atoms with E-state index in [-0.39, 0.29) is 11.1 Å². The molecule has 5 heteroatoms. The molecule has 2 bridgehead atoms. The van der Waals surface area contributed by atoms with Gasteiger partial charge in [-0.05, 0) is 43.1 Å². The minimum atomic E-state index is -0.0388. The number of carbonyl (C=O) groups excluding carboxylic acids is 1. The van der Waals surface area contributed by atoms with Gasteiger partial charge in [0.1, 0.15) is 0 Å². The van der Waals surface area contributed by atoms with Crippen molar-refractivity contribution in [2.45, 2.75) is 24.9 Å². The third-order valence-electron chi connectivity index (χ3n) is 3.37. The first-order valence-corrected chi connectivity index (χ1v) is 5.91. The molecule has 3 heterocycles. The maximum atomic E-state index is 12.1. The van der Waals surface area contributed by atoms with Crippen LogP contribution < -0.4 is 5.32 Å². The molecule has 0 aliphatic carbocycles. The van der Waals surface area contributed by atoms with Crippen molar-refractivity contribution in [3.05, 3.63) is 23.1 Å². The fraction of sp³-hybridized carbons (Fsp3) is 0.545. The number of piperidine rings is 1. The van der Waals surface area contributed by atoms with Crippen LogP contribution in [-0.4, -0.2) is 36.0 Å². The highest BCUT2D eigenvalue weighted by molar-refractivity contribution is 6.29. The van der Waals surface area contributed by atoms with Gasteiger partial charge in [0.25, 0.3) is 5.91 Å². The molecule has 3 rings (SSSR count). The molecule has 0 aromatic carbocycles. The Kier molecular flexibility index (Phi) is 2.41. The number of amides is 1. The van der Waals surface area contributed by atoms with Crippen LogP contribution in [-0.2, 0) is 0 Å². The summed E-state index contributed by atoms with van der Waals surface area (Å²) in [5.41, 5.74) is 0. The average molecular weight is 241 g/mol. The molecule has 2 fully saturated rings. The Morgan fingerprint density at radius 2 is 2.44 bits per heavy atom. The number of hydrogen-bond donors (Lipinski definition) is 1. The van der Waals surface area contributed by atoms with Crippen molar-refractivity contribution >= 4 is 17.5 Å². The zero-order valence-electron chi connectivity index (χ0n) is 8.78. The smallest absolute Gasteiger partial charge is 0.289 e. The standard InChI is InChI=1S/C11H13ClN2O2/c12-10-2-1-9(16-10)11(15)14-6-7-5-8(14)3-4-13-7/h1-2,7-8,13H,3-6H2. The maximum absolute atomic E-state index is 12.1. The van der Waals surface area contributed by atoms with Crippen molar-refractivity contribution in [2.24, 2.45) is 0 Å². The van der Waals surface area contributed by atoms with Gasteiger partial charge in [0, 0.05) is 18.6 Å². The summed E-state index contributed by atoms with van der Waals surface area (Å²) >= 11 is 5.67.